The van der Waals surface area contributed by atoms with E-state index < -0.39 is 44.0 Å². The maximum Gasteiger partial charge on any atom is 0.433 e. The van der Waals surface area contributed by atoms with Crippen LogP contribution in [-0.4, -0.2) is 37.7 Å². The first-order valence-corrected chi connectivity index (χ1v) is 16.0. The molecule has 0 bridgehead atoms. The molecule has 0 aliphatic carbocycles. The molecule has 0 fully saturated rings. The Kier molecular flexibility index (Phi) is 9.08. The minimum Gasteiger partial charge on any atom is -0.472 e. The molecule has 1 N–H and O–H groups in total. The fraction of sp³-hybridized carbons (Fsp3) is 0.438. The van der Waals surface area contributed by atoms with Gasteiger partial charge in [0, 0.05) is 12.2 Å². The molecule has 0 saturated heterocycles. The van der Waals surface area contributed by atoms with Crippen LogP contribution in [0.4, 0.5) is 18.0 Å². The van der Waals surface area contributed by atoms with Crippen molar-refractivity contribution >= 4 is 24.8 Å². The topological polar surface area (TPSA) is 69.7 Å². The van der Waals surface area contributed by atoms with Crippen LogP contribution in [0.3, 0.4) is 0 Å². The molecule has 10 heteroatoms. The molecule has 226 valence electrons. The number of nitrogens with one attached hydrogen (secondary N) is 1. The van der Waals surface area contributed by atoms with Gasteiger partial charge in [0.05, 0.1) is 6.04 Å². The summed E-state index contributed by atoms with van der Waals surface area (Å²) in [5.74, 6) is -0.135. The fourth-order valence-corrected chi connectivity index (χ4v) is 10.1. The largest absolute Gasteiger partial charge is 0.472 e. The molecule has 1 aromatic heterocycles. The number of halogens is 3. The highest BCUT2D eigenvalue weighted by atomic mass is 28.4. The number of carbonyl (C=O) groups excluding carboxylic acids is 1. The molecule has 1 aliphatic heterocycles. The van der Waals surface area contributed by atoms with E-state index >= 15 is 0 Å². The van der Waals surface area contributed by atoms with Gasteiger partial charge in [-0.05, 0) is 61.2 Å². The van der Waals surface area contributed by atoms with Crippen LogP contribution in [0, 0.1) is 0 Å². The molecule has 3 aromatic rings. The number of carbonyl (C=O) groups is 1. The van der Waals surface area contributed by atoms with Crippen LogP contribution in [0.5, 0.6) is 5.88 Å². The van der Waals surface area contributed by atoms with Gasteiger partial charge in [0.15, 0.2) is 0 Å². The van der Waals surface area contributed by atoms with Crippen molar-refractivity contribution in [1.82, 2.24) is 10.3 Å². The smallest absolute Gasteiger partial charge is 0.433 e. The minimum atomic E-state index is -4.62. The number of amides is 1. The maximum atomic E-state index is 13.4. The van der Waals surface area contributed by atoms with Crippen LogP contribution in [0.15, 0.2) is 72.8 Å². The third-order valence-electron chi connectivity index (χ3n) is 7.19. The lowest BCUT2D eigenvalue weighted by molar-refractivity contribution is -0.141. The van der Waals surface area contributed by atoms with E-state index in [-0.39, 0.29) is 10.9 Å². The van der Waals surface area contributed by atoms with Gasteiger partial charge in [0.25, 0.3) is 8.32 Å². The first-order chi connectivity index (χ1) is 19.6. The van der Waals surface area contributed by atoms with Crippen molar-refractivity contribution < 1.29 is 31.9 Å². The van der Waals surface area contributed by atoms with Gasteiger partial charge < -0.3 is 19.2 Å². The number of hydrogen-bond acceptors (Lipinski definition) is 5. The lowest BCUT2D eigenvalue weighted by atomic mass is 10.0. The Bertz CT molecular complexity index is 1320. The van der Waals surface area contributed by atoms with E-state index in [2.05, 4.69) is 55.3 Å². The molecule has 1 amide bonds. The summed E-state index contributed by atoms with van der Waals surface area (Å²) in [6, 6.07) is 22.0. The molecule has 0 unspecified atom stereocenters. The molecule has 2 atom stereocenters. The number of benzene rings is 2. The summed E-state index contributed by atoms with van der Waals surface area (Å²) >= 11 is 0. The van der Waals surface area contributed by atoms with E-state index in [1.807, 2.05) is 36.4 Å². The van der Waals surface area contributed by atoms with Crippen LogP contribution in [-0.2, 0) is 15.3 Å². The van der Waals surface area contributed by atoms with Crippen molar-refractivity contribution in [2.75, 3.05) is 6.61 Å². The summed E-state index contributed by atoms with van der Waals surface area (Å²) in [5, 5.41) is 4.90. The quantitative estimate of drug-likeness (QED) is 0.228. The lowest BCUT2D eigenvalue weighted by Crippen LogP contribution is -2.66. The number of alkyl halides is 3. The number of pyridine rings is 1. The standard InChI is InChI=1S/C32H39F3N2O4Si/c1-30(2,3)41-29(38)37-27-24-19-20-26(32(33,34)35)36-28(24)40-25(27)18-13-21-39-42(31(4,5)6,22-14-9-7-10-15-22)23-16-11-8-12-17-23/h7-12,14-17,19-20,25,27H,13,18,21H2,1-6H3,(H,37,38)/t25-,27-/m0/s1. The summed E-state index contributed by atoms with van der Waals surface area (Å²) < 4.78 is 58.4. The van der Waals surface area contributed by atoms with E-state index in [4.69, 9.17) is 13.9 Å². The van der Waals surface area contributed by atoms with Crippen LogP contribution in [0.2, 0.25) is 5.04 Å². The van der Waals surface area contributed by atoms with Crippen LogP contribution < -0.4 is 20.4 Å². The Balaban J connectivity index is 1.56. The van der Waals surface area contributed by atoms with Gasteiger partial charge in [-0.15, -0.1) is 0 Å². The van der Waals surface area contributed by atoms with Crippen LogP contribution >= 0.6 is 0 Å². The van der Waals surface area contributed by atoms with Gasteiger partial charge in [0.2, 0.25) is 5.88 Å². The first-order valence-electron chi connectivity index (χ1n) is 14.1. The average molecular weight is 601 g/mol. The second-order valence-corrected chi connectivity index (χ2v) is 16.8. The third kappa shape index (κ3) is 6.98. The van der Waals surface area contributed by atoms with Crippen molar-refractivity contribution in [3.05, 3.63) is 84.1 Å². The highest BCUT2D eigenvalue weighted by Gasteiger charge is 2.50. The molecule has 0 radical (unpaired) electrons. The molecule has 2 heterocycles. The van der Waals surface area contributed by atoms with Gasteiger partial charge >= 0.3 is 12.3 Å². The van der Waals surface area contributed by atoms with E-state index in [0.717, 1.165) is 16.4 Å². The Morgan fingerprint density at radius 2 is 1.48 bits per heavy atom. The SMILES string of the molecule is CC(C)(C)OC(=O)N[C@H]1c2ccc(C(F)(F)F)nc2O[C@H]1CCCO[Si](c1ccccc1)(c1ccccc1)C(C)(C)C. The van der Waals surface area contributed by atoms with Crippen LogP contribution in [0.25, 0.3) is 0 Å². The van der Waals surface area contributed by atoms with Crippen molar-refractivity contribution in [1.29, 1.82) is 0 Å². The Hall–Kier alpha value is -3.37. The van der Waals surface area contributed by atoms with E-state index in [9.17, 15) is 18.0 Å². The van der Waals surface area contributed by atoms with E-state index in [0.29, 0.717) is 25.0 Å². The first kappa shape index (κ1) is 31.6. The Labute approximate surface area is 246 Å². The summed E-state index contributed by atoms with van der Waals surface area (Å²) in [7, 11) is -2.76. The number of fused-ring (bicyclic) bond motifs is 1. The van der Waals surface area contributed by atoms with Crippen molar-refractivity contribution in [2.24, 2.45) is 0 Å². The molecule has 4 rings (SSSR count). The minimum absolute atomic E-state index is 0.135. The molecule has 1 aliphatic rings. The molecule has 0 saturated carbocycles. The van der Waals surface area contributed by atoms with E-state index in [1.54, 1.807) is 20.8 Å². The number of ether oxygens (including phenoxy) is 2. The predicted octanol–water partition coefficient (Wildman–Crippen LogP) is 6.78. The molecule has 6 nitrogen and oxygen atoms in total. The van der Waals surface area contributed by atoms with Gasteiger partial charge in [-0.1, -0.05) is 81.4 Å². The van der Waals surface area contributed by atoms with Crippen molar-refractivity contribution in [3.8, 4) is 5.88 Å². The summed E-state index contributed by atoms with van der Waals surface area (Å²) in [4.78, 5) is 16.4. The summed E-state index contributed by atoms with van der Waals surface area (Å²) in [5.41, 5.74) is -1.41. The van der Waals surface area contributed by atoms with Crippen LogP contribution in [0.1, 0.15) is 71.7 Å². The van der Waals surface area contributed by atoms with Gasteiger partial charge in [-0.3, -0.25) is 0 Å². The molecular formula is C32H39F3N2O4Si. The van der Waals surface area contributed by atoms with Crippen molar-refractivity contribution in [2.45, 2.75) is 83.3 Å². The number of nitrogens with zero attached hydrogens (tertiary/aromatic N) is 1. The molecule has 42 heavy (non-hydrogen) atoms. The summed E-state index contributed by atoms with van der Waals surface area (Å²) in [6.45, 7) is 12.2. The average Bonchev–Trinajstić information content (AvgIpc) is 3.23. The number of alkyl carbamates (subject to hydrolysis) is 1. The molecule has 2 aromatic carbocycles. The van der Waals surface area contributed by atoms with Gasteiger partial charge in [-0.25, -0.2) is 9.78 Å². The predicted molar refractivity (Wildman–Crippen MR) is 159 cm³/mol. The zero-order valence-electron chi connectivity index (χ0n) is 24.9. The zero-order valence-corrected chi connectivity index (χ0v) is 25.9. The monoisotopic (exact) mass is 600 g/mol. The second kappa shape index (κ2) is 12.1. The number of hydrogen-bond donors (Lipinski definition) is 1. The normalized spacial score (nSPS) is 17.4. The van der Waals surface area contributed by atoms with Gasteiger partial charge in [-0.2, -0.15) is 13.2 Å². The second-order valence-electron chi connectivity index (χ2n) is 12.5. The Morgan fingerprint density at radius 1 is 0.905 bits per heavy atom. The zero-order chi connectivity index (χ0) is 30.8. The Morgan fingerprint density at radius 3 is 1.98 bits per heavy atom. The fourth-order valence-electron chi connectivity index (χ4n) is 5.45. The summed E-state index contributed by atoms with van der Waals surface area (Å²) in [6.07, 6.45) is -4.99. The third-order valence-corrected chi connectivity index (χ3v) is 12.2. The molecular weight excluding hydrogens is 561 g/mol. The van der Waals surface area contributed by atoms with Gasteiger partial charge in [0.1, 0.15) is 17.4 Å². The number of rotatable bonds is 8. The highest BCUT2D eigenvalue weighted by molar-refractivity contribution is 6.99. The number of aromatic nitrogens is 1. The lowest BCUT2D eigenvalue weighted by Gasteiger charge is -2.43. The highest BCUT2D eigenvalue weighted by Crippen LogP contribution is 2.41. The molecule has 0 spiro atoms. The maximum absolute atomic E-state index is 13.4. The van der Waals surface area contributed by atoms with Crippen molar-refractivity contribution in [3.63, 3.8) is 0 Å². The van der Waals surface area contributed by atoms with E-state index in [1.165, 1.54) is 6.07 Å².